The van der Waals surface area contributed by atoms with Gasteiger partial charge in [0.15, 0.2) is 10.8 Å². The number of rotatable bonds is 9. The third-order valence-electron chi connectivity index (χ3n) is 3.67. The van der Waals surface area contributed by atoms with Gasteiger partial charge in [0.1, 0.15) is 37.4 Å². The van der Waals surface area contributed by atoms with E-state index in [-0.39, 0.29) is 21.0 Å². The first-order chi connectivity index (χ1) is 14.5. The summed E-state index contributed by atoms with van der Waals surface area (Å²) in [6.07, 6.45) is 0. The number of esters is 1. The van der Waals surface area contributed by atoms with Crippen molar-refractivity contribution in [2.24, 2.45) is 5.16 Å². The highest BCUT2D eigenvalue weighted by Crippen LogP contribution is 2.24. The fourth-order valence-corrected chi connectivity index (χ4v) is 4.07. The molecule has 2 rings (SSSR count). The van der Waals surface area contributed by atoms with Crippen molar-refractivity contribution < 1.29 is 41.7 Å². The number of oxime groups is 1. The number of nitrogens with zero attached hydrogens (tertiary/aromatic N) is 3. The predicted octanol–water partition coefficient (Wildman–Crippen LogP) is -1.27. The van der Waals surface area contributed by atoms with Crippen LogP contribution in [0.3, 0.4) is 0 Å². The molecule has 0 radical (unpaired) electrons. The zero-order valence-corrected chi connectivity index (χ0v) is 18.3. The number of thiazole rings is 1. The molecule has 3 N–H and O–H groups in total. The molecule has 1 aliphatic heterocycles. The number of alkyl halides is 1. The SMILES string of the molecule is CON=C(C(=O)N[C@H]1C(=O)N(S(=O)(=O)O)[C@H]1COC(C)=O)c1csc(NC(=O)CCl)n1. The second-order valence-corrected chi connectivity index (χ2v) is 8.19. The topological polar surface area (TPSA) is 194 Å². The van der Waals surface area contributed by atoms with Gasteiger partial charge >= 0.3 is 16.3 Å². The van der Waals surface area contributed by atoms with Crippen LogP contribution in [0.2, 0.25) is 0 Å². The summed E-state index contributed by atoms with van der Waals surface area (Å²) >= 11 is 6.35. The Morgan fingerprint density at radius 1 is 1.42 bits per heavy atom. The van der Waals surface area contributed by atoms with Gasteiger partial charge in [0.25, 0.3) is 11.8 Å². The van der Waals surface area contributed by atoms with Crippen LogP contribution in [-0.2, 0) is 39.1 Å². The average molecular weight is 498 g/mol. The molecule has 0 unspecified atom stereocenters. The number of amides is 3. The molecular weight excluding hydrogens is 482 g/mol. The van der Waals surface area contributed by atoms with Gasteiger partial charge in [0.05, 0.1) is 0 Å². The minimum absolute atomic E-state index is 0.0239. The number of carbonyl (C=O) groups is 4. The molecule has 0 aliphatic carbocycles. The van der Waals surface area contributed by atoms with E-state index in [4.69, 9.17) is 16.3 Å². The quantitative estimate of drug-likeness (QED) is 0.0924. The fourth-order valence-electron chi connectivity index (χ4n) is 2.43. The van der Waals surface area contributed by atoms with Crippen LogP contribution in [0.1, 0.15) is 12.6 Å². The molecule has 3 amide bonds. The molecule has 2 heterocycles. The van der Waals surface area contributed by atoms with Gasteiger partial charge in [0.2, 0.25) is 5.91 Å². The third kappa shape index (κ3) is 5.87. The van der Waals surface area contributed by atoms with Crippen molar-refractivity contribution in [1.82, 2.24) is 14.6 Å². The van der Waals surface area contributed by atoms with Crippen LogP contribution in [-0.4, -0.2) is 83.3 Å². The van der Waals surface area contributed by atoms with Crippen molar-refractivity contribution in [1.29, 1.82) is 0 Å². The fraction of sp³-hybridized carbons (Fsp3) is 0.429. The van der Waals surface area contributed by atoms with E-state index in [1.807, 2.05) is 0 Å². The molecule has 0 bridgehead atoms. The average Bonchev–Trinajstić information content (AvgIpc) is 3.13. The van der Waals surface area contributed by atoms with Crippen LogP contribution in [0, 0.1) is 0 Å². The van der Waals surface area contributed by atoms with E-state index >= 15 is 0 Å². The lowest BCUT2D eigenvalue weighted by atomic mass is 9.99. The largest absolute Gasteiger partial charge is 0.464 e. The zero-order chi connectivity index (χ0) is 23.3. The van der Waals surface area contributed by atoms with E-state index < -0.39 is 58.4 Å². The normalized spacial score (nSPS) is 18.8. The Morgan fingerprint density at radius 2 is 2.10 bits per heavy atom. The van der Waals surface area contributed by atoms with Crippen molar-refractivity contribution in [3.05, 3.63) is 11.1 Å². The summed E-state index contributed by atoms with van der Waals surface area (Å²) in [6.45, 7) is 0.450. The molecule has 170 valence electrons. The van der Waals surface area contributed by atoms with E-state index in [0.717, 1.165) is 25.4 Å². The number of anilines is 1. The third-order valence-corrected chi connectivity index (χ3v) is 5.62. The lowest BCUT2D eigenvalue weighted by Crippen LogP contribution is -2.73. The summed E-state index contributed by atoms with van der Waals surface area (Å²) in [5, 5.41) is 9.64. The number of ether oxygens (including phenoxy) is 1. The van der Waals surface area contributed by atoms with Gasteiger partial charge in [-0.05, 0) is 0 Å². The molecule has 1 aromatic rings. The minimum Gasteiger partial charge on any atom is -0.464 e. The molecule has 0 aromatic carbocycles. The standard InChI is InChI=1S/C14H16ClN5O9S2/c1-6(21)29-4-8-11(13(24)20(8)31(25,26)27)18-12(23)10(19-28-2)7-5-30-14(16-7)17-9(22)3-15/h5,8,11H,3-4H2,1-2H3,(H,18,23)(H,16,17,22)(H,25,26,27)/t8-,11+/m0/s1. The van der Waals surface area contributed by atoms with E-state index in [9.17, 15) is 32.1 Å². The highest BCUT2D eigenvalue weighted by molar-refractivity contribution is 7.84. The van der Waals surface area contributed by atoms with Crippen LogP contribution in [0.15, 0.2) is 10.5 Å². The minimum atomic E-state index is -4.95. The molecule has 1 aliphatic rings. The van der Waals surface area contributed by atoms with Crippen molar-refractivity contribution in [2.75, 3.05) is 24.9 Å². The molecular formula is C14H16ClN5O9S2. The highest BCUT2D eigenvalue weighted by atomic mass is 35.5. The van der Waals surface area contributed by atoms with Gasteiger partial charge in [-0.15, -0.1) is 22.9 Å². The van der Waals surface area contributed by atoms with Gasteiger partial charge in [-0.25, -0.2) is 9.29 Å². The van der Waals surface area contributed by atoms with Crippen LogP contribution in [0.4, 0.5) is 5.13 Å². The Bertz CT molecular complexity index is 1030. The van der Waals surface area contributed by atoms with Gasteiger partial charge < -0.3 is 20.2 Å². The molecule has 2 atom stereocenters. The maximum Gasteiger partial charge on any atom is 0.362 e. The first kappa shape index (κ1) is 24.4. The number of hydrogen-bond acceptors (Lipinski definition) is 11. The summed E-state index contributed by atoms with van der Waals surface area (Å²) in [7, 11) is -3.80. The molecule has 0 saturated carbocycles. The number of nitrogens with one attached hydrogen (secondary N) is 2. The van der Waals surface area contributed by atoms with E-state index in [2.05, 4.69) is 25.6 Å². The van der Waals surface area contributed by atoms with Gasteiger partial charge in [-0.3, -0.25) is 23.7 Å². The summed E-state index contributed by atoms with van der Waals surface area (Å²) in [6, 6.07) is -2.84. The van der Waals surface area contributed by atoms with Gasteiger partial charge in [0, 0.05) is 12.3 Å². The number of carbonyl (C=O) groups excluding carboxylic acids is 4. The first-order valence-corrected chi connectivity index (χ1v) is 11.0. The van der Waals surface area contributed by atoms with E-state index in [1.165, 1.54) is 5.38 Å². The second kappa shape index (κ2) is 9.99. The summed E-state index contributed by atoms with van der Waals surface area (Å²) in [5.74, 6) is -3.75. The predicted molar refractivity (Wildman–Crippen MR) is 106 cm³/mol. The Morgan fingerprint density at radius 3 is 2.65 bits per heavy atom. The lowest BCUT2D eigenvalue weighted by molar-refractivity contribution is -0.154. The Balaban J connectivity index is 2.21. The molecule has 31 heavy (non-hydrogen) atoms. The molecule has 14 nitrogen and oxygen atoms in total. The number of hydrogen-bond donors (Lipinski definition) is 3. The summed E-state index contributed by atoms with van der Waals surface area (Å²) < 4.78 is 36.8. The van der Waals surface area contributed by atoms with Crippen LogP contribution < -0.4 is 10.6 Å². The molecule has 0 spiro atoms. The summed E-state index contributed by atoms with van der Waals surface area (Å²) in [4.78, 5) is 55.8. The first-order valence-electron chi connectivity index (χ1n) is 8.17. The van der Waals surface area contributed by atoms with Crippen LogP contribution in [0.5, 0.6) is 0 Å². The van der Waals surface area contributed by atoms with Crippen molar-refractivity contribution in [2.45, 2.75) is 19.0 Å². The number of halogens is 1. The number of aromatic nitrogens is 1. The Hall–Kier alpha value is -2.82. The second-order valence-electron chi connectivity index (χ2n) is 5.78. The molecule has 1 aromatic heterocycles. The Kier molecular flexibility index (Phi) is 7.88. The van der Waals surface area contributed by atoms with Crippen molar-refractivity contribution >= 4 is 67.8 Å². The van der Waals surface area contributed by atoms with E-state index in [0.29, 0.717) is 0 Å². The maximum absolute atomic E-state index is 12.7. The summed E-state index contributed by atoms with van der Waals surface area (Å²) in [5.41, 5.74) is -0.418. The van der Waals surface area contributed by atoms with Crippen LogP contribution in [0.25, 0.3) is 0 Å². The van der Waals surface area contributed by atoms with Gasteiger partial charge in [-0.2, -0.15) is 8.42 Å². The maximum atomic E-state index is 12.7. The van der Waals surface area contributed by atoms with E-state index in [1.54, 1.807) is 0 Å². The number of β-lactam (4-membered cyclic amide) rings is 1. The lowest BCUT2D eigenvalue weighted by Gasteiger charge is -2.43. The molecule has 1 fully saturated rings. The van der Waals surface area contributed by atoms with Crippen molar-refractivity contribution in [3.8, 4) is 0 Å². The Labute approximate surface area is 184 Å². The molecule has 1 saturated heterocycles. The highest BCUT2D eigenvalue weighted by Gasteiger charge is 2.54. The molecule has 17 heteroatoms. The van der Waals surface area contributed by atoms with Crippen LogP contribution >= 0.6 is 22.9 Å². The smallest absolute Gasteiger partial charge is 0.362 e. The zero-order valence-electron chi connectivity index (χ0n) is 15.9. The van der Waals surface area contributed by atoms with Gasteiger partial charge in [-0.1, -0.05) is 5.16 Å². The van der Waals surface area contributed by atoms with Crippen molar-refractivity contribution in [3.63, 3.8) is 0 Å². The monoisotopic (exact) mass is 497 g/mol.